The van der Waals surface area contributed by atoms with E-state index in [9.17, 15) is 0 Å². The van der Waals surface area contributed by atoms with Crippen molar-refractivity contribution in [3.8, 4) is 0 Å². The number of aromatic nitrogens is 1. The summed E-state index contributed by atoms with van der Waals surface area (Å²) in [5, 5.41) is 1.27. The Morgan fingerprint density at radius 2 is 2.05 bits per heavy atom. The number of thiocarbonyl (C=S) groups is 1. The van der Waals surface area contributed by atoms with Gasteiger partial charge in [-0.15, -0.1) is 0 Å². The predicted molar refractivity (Wildman–Crippen MR) is 84.8 cm³/mol. The molecule has 100 valence electrons. The second-order valence-corrected chi connectivity index (χ2v) is 5.64. The molecule has 0 unspecified atom stereocenters. The number of nitrogens with zero attached hydrogens (tertiary/aromatic N) is 1. The number of likely N-dealkylation sites (tertiary alicyclic amines) is 1. The molecule has 0 saturated carbocycles. The molecule has 1 saturated heterocycles. The molecule has 2 aromatic rings. The summed E-state index contributed by atoms with van der Waals surface area (Å²) in [5.74, 6) is 0. The normalized spacial score (nSPS) is 15.9. The maximum absolute atomic E-state index is 5.71. The lowest BCUT2D eigenvalue weighted by Gasteiger charge is -2.28. The first kappa shape index (κ1) is 12.7. The lowest BCUT2D eigenvalue weighted by Crippen LogP contribution is -2.34. The maximum Gasteiger partial charge on any atom is 0.111 e. The van der Waals surface area contributed by atoms with Gasteiger partial charge in [-0.2, -0.15) is 0 Å². The minimum Gasteiger partial charge on any atom is -0.362 e. The molecular formula is C16H20N2S. The van der Waals surface area contributed by atoms with E-state index in [0.717, 1.165) is 24.5 Å². The van der Waals surface area contributed by atoms with Gasteiger partial charge in [-0.3, -0.25) is 0 Å². The Hall–Kier alpha value is -1.35. The van der Waals surface area contributed by atoms with Crippen LogP contribution >= 0.6 is 12.2 Å². The van der Waals surface area contributed by atoms with Gasteiger partial charge in [0.05, 0.1) is 0 Å². The molecule has 1 N–H and O–H groups in total. The zero-order valence-electron chi connectivity index (χ0n) is 11.4. The number of aryl methyl sites for hydroxylation is 1. The molecule has 1 aliphatic rings. The van der Waals surface area contributed by atoms with Crippen molar-refractivity contribution in [3.05, 3.63) is 35.5 Å². The lowest BCUT2D eigenvalue weighted by atomic mass is 10.1. The molecule has 0 aliphatic carbocycles. The minimum absolute atomic E-state index is 1.01. The number of nitrogens with one attached hydrogen (secondary N) is 1. The molecule has 2 heterocycles. The molecule has 3 rings (SSSR count). The Labute approximate surface area is 119 Å². The summed E-state index contributed by atoms with van der Waals surface area (Å²) in [6.45, 7) is 4.41. The van der Waals surface area contributed by atoms with Crippen molar-refractivity contribution >= 4 is 28.1 Å². The Balaban J connectivity index is 1.98. The first-order chi connectivity index (χ1) is 9.31. The number of hydrogen-bond donors (Lipinski definition) is 1. The predicted octanol–water partition coefficient (Wildman–Crippen LogP) is 3.89. The van der Waals surface area contributed by atoms with Crippen LogP contribution in [0.4, 0.5) is 0 Å². The third kappa shape index (κ3) is 2.27. The van der Waals surface area contributed by atoms with Crippen molar-refractivity contribution in [2.45, 2.75) is 32.6 Å². The highest BCUT2D eigenvalue weighted by Gasteiger charge is 2.18. The molecule has 0 amide bonds. The maximum atomic E-state index is 5.71. The van der Waals surface area contributed by atoms with Gasteiger partial charge < -0.3 is 9.88 Å². The first-order valence-electron chi connectivity index (χ1n) is 7.19. The highest BCUT2D eigenvalue weighted by atomic mass is 32.1. The molecule has 0 atom stereocenters. The van der Waals surface area contributed by atoms with Gasteiger partial charge in [0.1, 0.15) is 4.99 Å². The monoisotopic (exact) mass is 272 g/mol. The largest absolute Gasteiger partial charge is 0.362 e. The molecule has 3 heteroatoms. The van der Waals surface area contributed by atoms with Crippen LogP contribution in [0.5, 0.6) is 0 Å². The Bertz CT molecular complexity index is 594. The summed E-state index contributed by atoms with van der Waals surface area (Å²) < 4.78 is 0. The van der Waals surface area contributed by atoms with Gasteiger partial charge in [0.2, 0.25) is 0 Å². The first-order valence-corrected chi connectivity index (χ1v) is 7.60. The average molecular weight is 272 g/mol. The van der Waals surface area contributed by atoms with Crippen molar-refractivity contribution in [3.63, 3.8) is 0 Å². The number of benzene rings is 1. The topological polar surface area (TPSA) is 19.0 Å². The van der Waals surface area contributed by atoms with Crippen LogP contribution in [0.25, 0.3) is 10.9 Å². The second-order valence-electron chi connectivity index (χ2n) is 5.25. The highest BCUT2D eigenvalue weighted by molar-refractivity contribution is 7.80. The van der Waals surface area contributed by atoms with Crippen LogP contribution in [0.2, 0.25) is 0 Å². The smallest absolute Gasteiger partial charge is 0.111 e. The third-order valence-electron chi connectivity index (χ3n) is 4.06. The van der Waals surface area contributed by atoms with Crippen LogP contribution in [0.15, 0.2) is 24.4 Å². The van der Waals surface area contributed by atoms with Crippen molar-refractivity contribution in [1.29, 1.82) is 0 Å². The summed E-state index contributed by atoms with van der Waals surface area (Å²) in [7, 11) is 0. The number of aromatic amines is 1. The molecule has 1 aromatic carbocycles. The molecule has 2 nitrogen and oxygen atoms in total. The molecular weight excluding hydrogens is 252 g/mol. The van der Waals surface area contributed by atoms with Gasteiger partial charge in [-0.25, -0.2) is 0 Å². The number of rotatable bonds is 2. The van der Waals surface area contributed by atoms with Gasteiger partial charge in [0, 0.05) is 35.8 Å². The molecule has 0 radical (unpaired) electrons. The van der Waals surface area contributed by atoms with Crippen molar-refractivity contribution in [2.75, 3.05) is 13.1 Å². The average Bonchev–Trinajstić information content (AvgIpc) is 2.91. The van der Waals surface area contributed by atoms with E-state index < -0.39 is 0 Å². The summed E-state index contributed by atoms with van der Waals surface area (Å²) >= 11 is 5.71. The fraction of sp³-hybridized carbons (Fsp3) is 0.438. The standard InChI is InChI=1S/C16H20N2S/c1-2-12-7-6-8-13-14(11-17-15(12)13)16(19)18-9-4-3-5-10-18/h6-8,11,17H,2-5,9-10H2,1H3. The minimum atomic E-state index is 1.01. The van der Waals surface area contributed by atoms with Crippen LogP contribution in [0.3, 0.4) is 0 Å². The van der Waals surface area contributed by atoms with Crippen LogP contribution in [-0.2, 0) is 6.42 Å². The highest BCUT2D eigenvalue weighted by Crippen LogP contribution is 2.25. The number of H-pyrrole nitrogens is 1. The quantitative estimate of drug-likeness (QED) is 0.836. The zero-order valence-corrected chi connectivity index (χ0v) is 12.2. The van der Waals surface area contributed by atoms with E-state index in [1.54, 1.807) is 0 Å². The molecule has 19 heavy (non-hydrogen) atoms. The summed E-state index contributed by atoms with van der Waals surface area (Å²) in [6.07, 6.45) is 7.01. The second kappa shape index (κ2) is 5.33. The molecule has 0 bridgehead atoms. The van der Waals surface area contributed by atoms with Gasteiger partial charge in [0.15, 0.2) is 0 Å². The molecule has 0 spiro atoms. The van der Waals surface area contributed by atoms with Gasteiger partial charge in [-0.05, 0) is 31.2 Å². The Kier molecular flexibility index (Phi) is 3.56. The van der Waals surface area contributed by atoms with E-state index in [1.165, 1.54) is 41.3 Å². The van der Waals surface area contributed by atoms with Crippen LogP contribution in [0.1, 0.15) is 37.3 Å². The van der Waals surface area contributed by atoms with Crippen molar-refractivity contribution in [2.24, 2.45) is 0 Å². The van der Waals surface area contributed by atoms with Crippen LogP contribution in [0, 0.1) is 0 Å². The van der Waals surface area contributed by atoms with Gasteiger partial charge >= 0.3 is 0 Å². The third-order valence-corrected chi connectivity index (χ3v) is 4.53. The Morgan fingerprint density at radius 3 is 2.79 bits per heavy atom. The molecule has 1 aromatic heterocycles. The summed E-state index contributed by atoms with van der Waals surface area (Å²) in [6, 6.07) is 6.50. The summed E-state index contributed by atoms with van der Waals surface area (Å²) in [5.41, 5.74) is 3.81. The van der Waals surface area contributed by atoms with E-state index in [2.05, 4.69) is 41.2 Å². The van der Waals surface area contributed by atoms with E-state index in [1.807, 2.05) is 0 Å². The van der Waals surface area contributed by atoms with Crippen molar-refractivity contribution < 1.29 is 0 Å². The molecule has 1 aliphatic heterocycles. The fourth-order valence-electron chi connectivity index (χ4n) is 2.96. The zero-order chi connectivity index (χ0) is 13.2. The van der Waals surface area contributed by atoms with E-state index in [-0.39, 0.29) is 0 Å². The van der Waals surface area contributed by atoms with Crippen LogP contribution in [-0.4, -0.2) is 28.0 Å². The molecule has 1 fully saturated rings. The lowest BCUT2D eigenvalue weighted by molar-refractivity contribution is 0.348. The fourth-order valence-corrected chi connectivity index (χ4v) is 3.31. The number of fused-ring (bicyclic) bond motifs is 1. The summed E-state index contributed by atoms with van der Waals surface area (Å²) in [4.78, 5) is 6.79. The number of para-hydroxylation sites is 1. The van der Waals surface area contributed by atoms with E-state index in [4.69, 9.17) is 12.2 Å². The SMILES string of the molecule is CCc1cccc2c(C(=S)N3CCCCC3)c[nH]c12. The van der Waals surface area contributed by atoms with Crippen molar-refractivity contribution in [1.82, 2.24) is 9.88 Å². The van der Waals surface area contributed by atoms with E-state index >= 15 is 0 Å². The van der Waals surface area contributed by atoms with E-state index in [0.29, 0.717) is 0 Å². The van der Waals surface area contributed by atoms with Gasteiger partial charge in [0.25, 0.3) is 0 Å². The number of hydrogen-bond acceptors (Lipinski definition) is 1. The Morgan fingerprint density at radius 1 is 1.26 bits per heavy atom. The number of piperidine rings is 1. The van der Waals surface area contributed by atoms with Gasteiger partial charge in [-0.1, -0.05) is 37.3 Å². The van der Waals surface area contributed by atoms with Crippen LogP contribution < -0.4 is 0 Å².